The van der Waals surface area contributed by atoms with Crippen molar-refractivity contribution >= 4 is 17.7 Å². The molecular formula is C13H18N2O3. The van der Waals surface area contributed by atoms with Crippen molar-refractivity contribution in [1.29, 1.82) is 0 Å². The van der Waals surface area contributed by atoms with Crippen LogP contribution in [0, 0.1) is 6.92 Å². The van der Waals surface area contributed by atoms with Crippen LogP contribution in [0.5, 0.6) is 0 Å². The van der Waals surface area contributed by atoms with Gasteiger partial charge in [0.05, 0.1) is 0 Å². The molecule has 0 aromatic heterocycles. The molecule has 0 heterocycles. The number of hydrogen-bond acceptors (Lipinski definition) is 2. The van der Waals surface area contributed by atoms with Crippen molar-refractivity contribution in [2.75, 3.05) is 25.0 Å². The number of aliphatic carboxylic acids is 1. The van der Waals surface area contributed by atoms with Gasteiger partial charge in [-0.15, -0.1) is 0 Å². The van der Waals surface area contributed by atoms with Gasteiger partial charge in [-0.05, 0) is 26.0 Å². The molecule has 98 valence electrons. The van der Waals surface area contributed by atoms with E-state index in [-0.39, 0.29) is 12.6 Å². The van der Waals surface area contributed by atoms with Gasteiger partial charge in [-0.25, -0.2) is 4.79 Å². The van der Waals surface area contributed by atoms with Gasteiger partial charge in [0.1, 0.15) is 6.54 Å². The molecule has 2 amide bonds. The molecule has 5 nitrogen and oxygen atoms in total. The van der Waals surface area contributed by atoms with Gasteiger partial charge in [-0.1, -0.05) is 17.7 Å². The summed E-state index contributed by atoms with van der Waals surface area (Å²) in [4.78, 5) is 25.7. The van der Waals surface area contributed by atoms with Crippen LogP contribution in [0.4, 0.5) is 10.5 Å². The second kappa shape index (κ2) is 6.05. The number of rotatable bonds is 4. The third kappa shape index (κ3) is 3.48. The monoisotopic (exact) mass is 250 g/mol. The number of carbonyl (C=O) groups is 2. The number of anilines is 1. The molecule has 0 atom stereocenters. The van der Waals surface area contributed by atoms with E-state index in [2.05, 4.69) is 0 Å². The fourth-order valence-electron chi connectivity index (χ4n) is 1.47. The van der Waals surface area contributed by atoms with Crippen LogP contribution in [-0.2, 0) is 4.79 Å². The summed E-state index contributed by atoms with van der Waals surface area (Å²) < 4.78 is 0. The minimum atomic E-state index is -1.03. The number of carbonyl (C=O) groups excluding carboxylic acids is 1. The van der Waals surface area contributed by atoms with Crippen molar-refractivity contribution in [1.82, 2.24) is 4.90 Å². The fraction of sp³-hybridized carbons (Fsp3) is 0.385. The van der Waals surface area contributed by atoms with Crippen molar-refractivity contribution in [3.8, 4) is 0 Å². The fourth-order valence-corrected chi connectivity index (χ4v) is 1.47. The molecule has 0 bridgehead atoms. The normalized spacial score (nSPS) is 9.94. The third-order valence-electron chi connectivity index (χ3n) is 2.67. The van der Waals surface area contributed by atoms with Gasteiger partial charge < -0.3 is 10.0 Å². The Morgan fingerprint density at radius 3 is 2.22 bits per heavy atom. The Bertz CT molecular complexity index is 428. The minimum Gasteiger partial charge on any atom is -0.480 e. The molecule has 0 aliphatic rings. The molecule has 0 radical (unpaired) electrons. The van der Waals surface area contributed by atoms with Crippen LogP contribution < -0.4 is 4.90 Å². The van der Waals surface area contributed by atoms with E-state index in [0.717, 1.165) is 5.56 Å². The van der Waals surface area contributed by atoms with E-state index in [4.69, 9.17) is 5.11 Å². The van der Waals surface area contributed by atoms with E-state index in [0.29, 0.717) is 12.2 Å². The first kappa shape index (κ1) is 14.0. The van der Waals surface area contributed by atoms with Crippen LogP contribution >= 0.6 is 0 Å². The molecule has 0 fully saturated rings. The van der Waals surface area contributed by atoms with E-state index in [1.807, 2.05) is 26.0 Å². The number of aryl methyl sites for hydroxylation is 1. The zero-order chi connectivity index (χ0) is 13.7. The SMILES string of the molecule is CCN(C)C(=O)N(CC(=O)O)c1ccc(C)cc1. The lowest BCUT2D eigenvalue weighted by Gasteiger charge is -2.26. The largest absolute Gasteiger partial charge is 0.480 e. The third-order valence-corrected chi connectivity index (χ3v) is 2.67. The summed E-state index contributed by atoms with van der Waals surface area (Å²) in [6.45, 7) is 3.96. The molecule has 18 heavy (non-hydrogen) atoms. The molecule has 1 aromatic carbocycles. The number of hydrogen-bond donors (Lipinski definition) is 1. The highest BCUT2D eigenvalue weighted by molar-refractivity contribution is 5.96. The predicted octanol–water partition coefficient (Wildman–Crippen LogP) is 1.96. The number of benzene rings is 1. The number of carboxylic acids is 1. The van der Waals surface area contributed by atoms with Crippen molar-refractivity contribution in [2.24, 2.45) is 0 Å². The van der Waals surface area contributed by atoms with Crippen LogP contribution in [0.15, 0.2) is 24.3 Å². The van der Waals surface area contributed by atoms with Crippen LogP contribution in [0.3, 0.4) is 0 Å². The van der Waals surface area contributed by atoms with Crippen LogP contribution in [0.25, 0.3) is 0 Å². The lowest BCUT2D eigenvalue weighted by atomic mass is 10.2. The molecule has 5 heteroatoms. The molecule has 1 aromatic rings. The maximum atomic E-state index is 12.1. The molecule has 0 spiro atoms. The van der Waals surface area contributed by atoms with Gasteiger partial charge in [-0.3, -0.25) is 9.69 Å². The first-order valence-electron chi connectivity index (χ1n) is 5.76. The van der Waals surface area contributed by atoms with Gasteiger partial charge in [0.25, 0.3) is 0 Å². The van der Waals surface area contributed by atoms with Crippen molar-refractivity contribution in [3.63, 3.8) is 0 Å². The zero-order valence-corrected chi connectivity index (χ0v) is 10.9. The van der Waals surface area contributed by atoms with Crippen LogP contribution in [-0.4, -0.2) is 42.1 Å². The Morgan fingerprint density at radius 2 is 1.78 bits per heavy atom. The van der Waals surface area contributed by atoms with Gasteiger partial charge >= 0.3 is 12.0 Å². The summed E-state index contributed by atoms with van der Waals surface area (Å²) in [7, 11) is 1.64. The molecule has 0 aliphatic heterocycles. The maximum Gasteiger partial charge on any atom is 0.324 e. The zero-order valence-electron chi connectivity index (χ0n) is 10.9. The summed E-state index contributed by atoms with van der Waals surface area (Å²) in [5, 5.41) is 8.89. The first-order valence-corrected chi connectivity index (χ1v) is 5.76. The highest BCUT2D eigenvalue weighted by atomic mass is 16.4. The average molecular weight is 250 g/mol. The second-order valence-electron chi connectivity index (χ2n) is 4.11. The summed E-state index contributed by atoms with van der Waals surface area (Å²) in [6.07, 6.45) is 0. The highest BCUT2D eigenvalue weighted by Crippen LogP contribution is 2.16. The molecule has 0 saturated heterocycles. The standard InChI is InChI=1S/C13H18N2O3/c1-4-14(3)13(18)15(9-12(16)17)11-7-5-10(2)6-8-11/h5-8H,4,9H2,1-3H3,(H,16,17). The van der Waals surface area contributed by atoms with Crippen LogP contribution in [0.1, 0.15) is 12.5 Å². The van der Waals surface area contributed by atoms with Crippen LogP contribution in [0.2, 0.25) is 0 Å². The molecular weight excluding hydrogens is 232 g/mol. The number of amides is 2. The van der Waals surface area contributed by atoms with Gasteiger partial charge in [-0.2, -0.15) is 0 Å². The van der Waals surface area contributed by atoms with E-state index in [9.17, 15) is 9.59 Å². The lowest BCUT2D eigenvalue weighted by Crippen LogP contribution is -2.43. The molecule has 0 aliphatic carbocycles. The molecule has 1 N–H and O–H groups in total. The Kier molecular flexibility index (Phi) is 4.71. The molecule has 0 unspecified atom stereocenters. The van der Waals surface area contributed by atoms with Crippen molar-refractivity contribution in [3.05, 3.63) is 29.8 Å². The van der Waals surface area contributed by atoms with E-state index in [1.54, 1.807) is 19.2 Å². The second-order valence-corrected chi connectivity index (χ2v) is 4.11. The Labute approximate surface area is 107 Å². The maximum absolute atomic E-state index is 12.1. The average Bonchev–Trinajstić information content (AvgIpc) is 2.35. The molecule has 1 rings (SSSR count). The lowest BCUT2D eigenvalue weighted by molar-refractivity contribution is -0.135. The summed E-state index contributed by atoms with van der Waals surface area (Å²) >= 11 is 0. The Balaban J connectivity index is 3.01. The molecule has 0 saturated carbocycles. The van der Waals surface area contributed by atoms with Gasteiger partial charge in [0, 0.05) is 19.3 Å². The van der Waals surface area contributed by atoms with Crippen molar-refractivity contribution < 1.29 is 14.7 Å². The Hall–Kier alpha value is -2.04. The summed E-state index contributed by atoms with van der Waals surface area (Å²) in [5.41, 5.74) is 1.65. The van der Waals surface area contributed by atoms with E-state index in [1.165, 1.54) is 9.80 Å². The van der Waals surface area contributed by atoms with Crippen molar-refractivity contribution in [2.45, 2.75) is 13.8 Å². The predicted molar refractivity (Wildman–Crippen MR) is 69.9 cm³/mol. The number of carboxylic acid groups (broad SMARTS) is 1. The number of nitrogens with zero attached hydrogens (tertiary/aromatic N) is 2. The quantitative estimate of drug-likeness (QED) is 0.888. The summed E-state index contributed by atoms with van der Waals surface area (Å²) in [6, 6.07) is 6.88. The Morgan fingerprint density at radius 1 is 1.22 bits per heavy atom. The first-order chi connectivity index (χ1) is 8.45. The van der Waals surface area contributed by atoms with Gasteiger partial charge in [0.2, 0.25) is 0 Å². The van der Waals surface area contributed by atoms with Gasteiger partial charge in [0.15, 0.2) is 0 Å². The van der Waals surface area contributed by atoms with E-state index < -0.39 is 5.97 Å². The topological polar surface area (TPSA) is 60.9 Å². The highest BCUT2D eigenvalue weighted by Gasteiger charge is 2.21. The van der Waals surface area contributed by atoms with E-state index >= 15 is 0 Å². The summed E-state index contributed by atoms with van der Waals surface area (Å²) in [5.74, 6) is -1.03. The minimum absolute atomic E-state index is 0.316. The smallest absolute Gasteiger partial charge is 0.324 e. The number of urea groups is 1.